The molecular weight excluding hydrogens is 261 g/mol. The third kappa shape index (κ3) is 2.67. The average Bonchev–Trinajstić information content (AvgIpc) is 2.40. The third-order valence-corrected chi connectivity index (χ3v) is 2.63. The summed E-state index contributed by atoms with van der Waals surface area (Å²) in [6.45, 7) is 0. The quantitative estimate of drug-likeness (QED) is 0.729. The van der Waals surface area contributed by atoms with E-state index in [0.717, 1.165) is 12.1 Å². The van der Waals surface area contributed by atoms with Gasteiger partial charge in [0.2, 0.25) is 0 Å². The molecule has 0 aliphatic carbocycles. The van der Waals surface area contributed by atoms with E-state index in [0.29, 0.717) is 11.3 Å². The molecule has 2 aromatic rings. The number of amides is 1. The van der Waals surface area contributed by atoms with Gasteiger partial charge >= 0.3 is 0 Å². The van der Waals surface area contributed by atoms with Gasteiger partial charge in [0, 0.05) is 6.07 Å². The Kier molecular flexibility index (Phi) is 3.53. The zero-order valence-electron chi connectivity index (χ0n) is 10.2. The van der Waals surface area contributed by atoms with Gasteiger partial charge in [-0.05, 0) is 30.3 Å². The molecule has 0 unspecified atom stereocenters. The van der Waals surface area contributed by atoms with Crippen molar-refractivity contribution in [3.63, 3.8) is 0 Å². The monoisotopic (exact) mass is 271 g/mol. The number of aromatic hydroxyl groups is 1. The van der Waals surface area contributed by atoms with E-state index >= 15 is 0 Å². The zero-order valence-corrected chi connectivity index (χ0v) is 10.2. The fraction of sp³-hybridized carbons (Fsp3) is 0. The van der Waals surface area contributed by atoms with Gasteiger partial charge in [0.15, 0.2) is 0 Å². The van der Waals surface area contributed by atoms with Crippen molar-refractivity contribution >= 4 is 17.3 Å². The summed E-state index contributed by atoms with van der Waals surface area (Å²) in [4.78, 5) is 11.9. The molecule has 0 bridgehead atoms. The van der Waals surface area contributed by atoms with Crippen molar-refractivity contribution in [2.24, 2.45) is 0 Å². The number of carbonyl (C=O) groups is 1. The summed E-state index contributed by atoms with van der Waals surface area (Å²) in [5.74, 6) is -1.73. The summed E-state index contributed by atoms with van der Waals surface area (Å²) in [7, 11) is 0. The largest absolute Gasteiger partial charge is 0.507 e. The van der Waals surface area contributed by atoms with Gasteiger partial charge in [-0.15, -0.1) is 0 Å². The van der Waals surface area contributed by atoms with Crippen molar-refractivity contribution in [2.45, 2.75) is 0 Å². The van der Waals surface area contributed by atoms with Crippen LogP contribution in [0.15, 0.2) is 36.4 Å². The number of benzene rings is 2. The first kappa shape index (κ1) is 13.4. The maximum absolute atomic E-state index is 12.8. The van der Waals surface area contributed by atoms with E-state index < -0.39 is 17.5 Å². The van der Waals surface area contributed by atoms with E-state index in [2.05, 4.69) is 5.32 Å². The number of hydrogen-bond donors (Lipinski definition) is 3. The Morgan fingerprint density at radius 2 is 2.05 bits per heavy atom. The molecule has 2 aromatic carbocycles. The normalized spacial score (nSPS) is 9.80. The summed E-state index contributed by atoms with van der Waals surface area (Å²) >= 11 is 0. The van der Waals surface area contributed by atoms with E-state index in [-0.39, 0.29) is 11.3 Å². The molecule has 100 valence electrons. The highest BCUT2D eigenvalue weighted by atomic mass is 19.1. The van der Waals surface area contributed by atoms with Crippen LogP contribution in [0.1, 0.15) is 15.9 Å². The first-order chi connectivity index (χ1) is 9.51. The van der Waals surface area contributed by atoms with Crippen LogP contribution in [-0.4, -0.2) is 11.0 Å². The molecule has 0 aliphatic heterocycles. The molecule has 0 radical (unpaired) electrons. The number of halogens is 1. The number of nitrogens with one attached hydrogen (secondary N) is 1. The molecule has 0 heterocycles. The molecule has 0 aromatic heterocycles. The van der Waals surface area contributed by atoms with Crippen molar-refractivity contribution in [1.29, 1.82) is 5.26 Å². The van der Waals surface area contributed by atoms with Crippen molar-refractivity contribution in [3.8, 4) is 11.8 Å². The standard InChI is InChI=1S/C14H10FN3O2/c15-9-2-3-10(13(19)6-9)14(20)18-12-4-1-8(7-16)5-11(12)17/h1-6,19H,17H2,(H,18,20). The van der Waals surface area contributed by atoms with Crippen LogP contribution in [0.3, 0.4) is 0 Å². The van der Waals surface area contributed by atoms with E-state index in [1.54, 1.807) is 0 Å². The van der Waals surface area contributed by atoms with Crippen molar-refractivity contribution in [3.05, 3.63) is 53.3 Å². The Labute approximate surface area is 114 Å². The lowest BCUT2D eigenvalue weighted by atomic mass is 10.1. The smallest absolute Gasteiger partial charge is 0.259 e. The molecule has 0 saturated carbocycles. The van der Waals surface area contributed by atoms with E-state index in [1.807, 2.05) is 6.07 Å². The van der Waals surface area contributed by atoms with Gasteiger partial charge in [0.25, 0.3) is 5.91 Å². The van der Waals surface area contributed by atoms with E-state index in [9.17, 15) is 14.3 Å². The number of phenolic OH excluding ortho intramolecular Hbond substituents is 1. The molecule has 0 fully saturated rings. The van der Waals surface area contributed by atoms with Gasteiger partial charge in [-0.25, -0.2) is 4.39 Å². The molecule has 4 N–H and O–H groups in total. The Morgan fingerprint density at radius 1 is 1.30 bits per heavy atom. The highest BCUT2D eigenvalue weighted by molar-refractivity contribution is 6.07. The number of phenols is 1. The summed E-state index contributed by atoms with van der Waals surface area (Å²) < 4.78 is 12.8. The molecule has 0 atom stereocenters. The van der Waals surface area contributed by atoms with Crippen LogP contribution in [-0.2, 0) is 0 Å². The molecule has 0 aliphatic rings. The summed E-state index contributed by atoms with van der Waals surface area (Å²) in [5.41, 5.74) is 6.51. The Bertz CT molecular complexity index is 723. The van der Waals surface area contributed by atoms with Gasteiger partial charge < -0.3 is 16.2 Å². The molecule has 20 heavy (non-hydrogen) atoms. The van der Waals surface area contributed by atoms with Crippen molar-refractivity contribution in [1.82, 2.24) is 0 Å². The summed E-state index contributed by atoms with van der Waals surface area (Å²) in [6, 6.07) is 9.39. The Morgan fingerprint density at radius 3 is 2.65 bits per heavy atom. The molecule has 0 spiro atoms. The number of nitrogens with two attached hydrogens (primary N) is 1. The Balaban J connectivity index is 2.26. The Hall–Kier alpha value is -3.07. The first-order valence-electron chi connectivity index (χ1n) is 5.61. The van der Waals surface area contributed by atoms with E-state index in [1.165, 1.54) is 24.3 Å². The van der Waals surface area contributed by atoms with Crippen molar-refractivity contribution < 1.29 is 14.3 Å². The van der Waals surface area contributed by atoms with Gasteiger partial charge in [0.1, 0.15) is 11.6 Å². The second-order valence-corrected chi connectivity index (χ2v) is 4.03. The number of nitriles is 1. The van der Waals surface area contributed by atoms with Crippen LogP contribution < -0.4 is 11.1 Å². The van der Waals surface area contributed by atoms with Crippen LogP contribution >= 0.6 is 0 Å². The average molecular weight is 271 g/mol. The van der Waals surface area contributed by atoms with E-state index in [4.69, 9.17) is 11.0 Å². The summed E-state index contributed by atoms with van der Waals surface area (Å²) in [6.07, 6.45) is 0. The second kappa shape index (κ2) is 5.28. The van der Waals surface area contributed by atoms with Gasteiger partial charge in [0.05, 0.1) is 28.6 Å². The van der Waals surface area contributed by atoms with Crippen LogP contribution in [0.5, 0.6) is 5.75 Å². The highest BCUT2D eigenvalue weighted by Gasteiger charge is 2.13. The van der Waals surface area contributed by atoms with Crippen LogP contribution in [0.2, 0.25) is 0 Å². The highest BCUT2D eigenvalue weighted by Crippen LogP contribution is 2.23. The maximum atomic E-state index is 12.8. The lowest BCUT2D eigenvalue weighted by Gasteiger charge is -2.09. The molecule has 5 nitrogen and oxygen atoms in total. The van der Waals surface area contributed by atoms with Crippen LogP contribution in [0.4, 0.5) is 15.8 Å². The SMILES string of the molecule is N#Cc1ccc(NC(=O)c2ccc(F)cc2O)c(N)c1. The van der Waals surface area contributed by atoms with Gasteiger partial charge in [-0.2, -0.15) is 5.26 Å². The number of rotatable bonds is 2. The number of carbonyl (C=O) groups excluding carboxylic acids is 1. The number of nitrogen functional groups attached to an aromatic ring is 1. The topological polar surface area (TPSA) is 99.1 Å². The van der Waals surface area contributed by atoms with Gasteiger partial charge in [-0.1, -0.05) is 0 Å². The zero-order chi connectivity index (χ0) is 14.7. The van der Waals surface area contributed by atoms with Crippen LogP contribution in [0, 0.1) is 17.1 Å². The predicted molar refractivity (Wildman–Crippen MR) is 71.6 cm³/mol. The maximum Gasteiger partial charge on any atom is 0.259 e. The van der Waals surface area contributed by atoms with Crippen molar-refractivity contribution in [2.75, 3.05) is 11.1 Å². The number of nitrogens with zero attached hydrogens (tertiary/aromatic N) is 1. The second-order valence-electron chi connectivity index (χ2n) is 4.03. The lowest BCUT2D eigenvalue weighted by Crippen LogP contribution is -2.13. The third-order valence-electron chi connectivity index (χ3n) is 2.63. The fourth-order valence-corrected chi connectivity index (χ4v) is 1.63. The molecule has 0 saturated heterocycles. The minimum absolute atomic E-state index is 0.0739. The fourth-order valence-electron chi connectivity index (χ4n) is 1.63. The molecular formula is C14H10FN3O2. The number of hydrogen-bond acceptors (Lipinski definition) is 4. The minimum atomic E-state index is -0.642. The first-order valence-corrected chi connectivity index (χ1v) is 5.61. The number of anilines is 2. The van der Waals surface area contributed by atoms with Gasteiger partial charge in [-0.3, -0.25) is 4.79 Å². The summed E-state index contributed by atoms with van der Waals surface area (Å²) in [5, 5.41) is 20.7. The molecule has 6 heteroatoms. The lowest BCUT2D eigenvalue weighted by molar-refractivity contribution is 0.102. The minimum Gasteiger partial charge on any atom is -0.507 e. The predicted octanol–water partition coefficient (Wildman–Crippen LogP) is 2.24. The molecule has 1 amide bonds. The van der Waals surface area contributed by atoms with Crippen LogP contribution in [0.25, 0.3) is 0 Å². The molecule has 2 rings (SSSR count).